The molecule has 0 saturated carbocycles. The van der Waals surface area contributed by atoms with Crippen molar-refractivity contribution in [3.8, 4) is 5.75 Å². The van der Waals surface area contributed by atoms with Crippen LogP contribution in [0, 0.1) is 6.92 Å². The first-order chi connectivity index (χ1) is 7.07. The van der Waals surface area contributed by atoms with Gasteiger partial charge in [0.25, 0.3) is 0 Å². The minimum atomic E-state index is -0.523. The molecule has 0 radical (unpaired) electrons. The van der Waals surface area contributed by atoms with Gasteiger partial charge in [-0.05, 0) is 32.4 Å². The van der Waals surface area contributed by atoms with Crippen molar-refractivity contribution >= 4 is 17.4 Å². The molecule has 0 aliphatic heterocycles. The lowest BCUT2D eigenvalue weighted by atomic mass is 10.0. The molecule has 0 heterocycles. The Labute approximate surface area is 95.2 Å². The monoisotopic (exact) mass is 226 g/mol. The minimum absolute atomic E-state index is 0.0850. The molecule has 0 spiro atoms. The van der Waals surface area contributed by atoms with Crippen LogP contribution in [0.2, 0.25) is 0 Å². The van der Waals surface area contributed by atoms with Gasteiger partial charge < -0.3 is 4.74 Å². The molecule has 0 aliphatic carbocycles. The molecule has 15 heavy (non-hydrogen) atoms. The number of hydrogen-bond donors (Lipinski definition) is 0. The third-order valence-corrected chi connectivity index (χ3v) is 2.34. The van der Waals surface area contributed by atoms with E-state index in [0.717, 1.165) is 5.56 Å². The predicted octanol–water partition coefficient (Wildman–Crippen LogP) is 3.20. The number of hydrogen-bond acceptors (Lipinski definition) is 2. The molecule has 0 amide bonds. The number of halogens is 1. The van der Waals surface area contributed by atoms with Gasteiger partial charge in [-0.15, -0.1) is 11.6 Å². The van der Waals surface area contributed by atoms with Gasteiger partial charge in [0, 0.05) is 0 Å². The number of carbonyl (C=O) groups excluding carboxylic acids is 1. The fourth-order valence-electron chi connectivity index (χ4n) is 1.43. The highest BCUT2D eigenvalue weighted by molar-refractivity contribution is 6.34. The van der Waals surface area contributed by atoms with Crippen molar-refractivity contribution in [2.24, 2.45) is 0 Å². The van der Waals surface area contributed by atoms with E-state index in [-0.39, 0.29) is 5.78 Å². The highest BCUT2D eigenvalue weighted by Crippen LogP contribution is 2.24. The van der Waals surface area contributed by atoms with Gasteiger partial charge in [0.05, 0.1) is 17.5 Å². The molecule has 1 rings (SSSR count). The maximum atomic E-state index is 11.8. The first kappa shape index (κ1) is 12.1. The molecule has 1 aromatic rings. The van der Waals surface area contributed by atoms with Gasteiger partial charge in [-0.1, -0.05) is 12.1 Å². The lowest BCUT2D eigenvalue weighted by Gasteiger charge is -2.12. The minimum Gasteiger partial charge on any atom is -0.493 e. The highest BCUT2D eigenvalue weighted by Gasteiger charge is 2.19. The Kier molecular flexibility index (Phi) is 4.15. The molecule has 1 atom stereocenters. The number of Topliss-reactive ketones (excluding diaryl/α,β-unsaturated/α-hetero) is 1. The smallest absolute Gasteiger partial charge is 0.184 e. The van der Waals surface area contributed by atoms with Crippen molar-refractivity contribution in [1.82, 2.24) is 0 Å². The molecule has 0 fully saturated rings. The zero-order valence-electron chi connectivity index (χ0n) is 9.21. The first-order valence-electron chi connectivity index (χ1n) is 4.98. The van der Waals surface area contributed by atoms with E-state index < -0.39 is 5.38 Å². The number of ether oxygens (including phenoxy) is 1. The van der Waals surface area contributed by atoms with Crippen LogP contribution >= 0.6 is 11.6 Å². The Bertz CT molecular complexity index is 359. The van der Waals surface area contributed by atoms with E-state index in [0.29, 0.717) is 17.9 Å². The molecule has 1 unspecified atom stereocenters. The van der Waals surface area contributed by atoms with Crippen molar-refractivity contribution in [1.29, 1.82) is 0 Å². The predicted molar refractivity (Wildman–Crippen MR) is 62.0 cm³/mol. The van der Waals surface area contributed by atoms with Crippen LogP contribution in [-0.4, -0.2) is 17.8 Å². The van der Waals surface area contributed by atoms with E-state index in [9.17, 15) is 4.79 Å². The topological polar surface area (TPSA) is 26.3 Å². The Balaban J connectivity index is 3.18. The number of aryl methyl sites for hydroxylation is 1. The molecule has 0 aromatic heterocycles. The second kappa shape index (κ2) is 5.17. The van der Waals surface area contributed by atoms with Crippen LogP contribution in [0.25, 0.3) is 0 Å². The van der Waals surface area contributed by atoms with E-state index in [1.165, 1.54) is 0 Å². The molecule has 0 saturated heterocycles. The van der Waals surface area contributed by atoms with Crippen molar-refractivity contribution in [3.05, 3.63) is 29.3 Å². The molecule has 1 aromatic carbocycles. The van der Waals surface area contributed by atoms with Gasteiger partial charge in [-0.25, -0.2) is 0 Å². The zero-order valence-corrected chi connectivity index (χ0v) is 9.97. The maximum Gasteiger partial charge on any atom is 0.184 e. The Morgan fingerprint density at radius 3 is 2.73 bits per heavy atom. The van der Waals surface area contributed by atoms with E-state index in [4.69, 9.17) is 16.3 Å². The molecule has 0 bridgehead atoms. The summed E-state index contributed by atoms with van der Waals surface area (Å²) in [5.41, 5.74) is 1.50. The summed E-state index contributed by atoms with van der Waals surface area (Å²) >= 11 is 5.80. The standard InChI is InChI=1S/C12H15ClO2/c1-4-15-10-7-5-6-8(2)11(10)12(14)9(3)13/h5-7,9H,4H2,1-3H3. The number of ketones is 1. The van der Waals surface area contributed by atoms with Gasteiger partial charge in [-0.2, -0.15) is 0 Å². The summed E-state index contributed by atoms with van der Waals surface area (Å²) in [4.78, 5) is 11.8. The summed E-state index contributed by atoms with van der Waals surface area (Å²) in [5, 5.41) is -0.523. The SMILES string of the molecule is CCOc1cccc(C)c1C(=O)C(C)Cl. The molecule has 2 nitrogen and oxygen atoms in total. The number of rotatable bonds is 4. The fourth-order valence-corrected chi connectivity index (χ4v) is 1.54. The average molecular weight is 227 g/mol. The van der Waals surface area contributed by atoms with Crippen LogP contribution in [0.3, 0.4) is 0 Å². The van der Waals surface area contributed by atoms with E-state index in [1.54, 1.807) is 13.0 Å². The van der Waals surface area contributed by atoms with Crippen molar-refractivity contribution < 1.29 is 9.53 Å². The molecular formula is C12H15ClO2. The summed E-state index contributed by atoms with van der Waals surface area (Å²) in [5.74, 6) is 0.535. The second-order valence-corrected chi connectivity index (χ2v) is 4.02. The Hall–Kier alpha value is -1.02. The lowest BCUT2D eigenvalue weighted by Crippen LogP contribution is -2.14. The van der Waals surface area contributed by atoms with Crippen molar-refractivity contribution in [2.45, 2.75) is 26.1 Å². The number of carbonyl (C=O) groups is 1. The molecule has 3 heteroatoms. The van der Waals surface area contributed by atoms with E-state index in [1.807, 2.05) is 26.0 Å². The van der Waals surface area contributed by atoms with Crippen LogP contribution < -0.4 is 4.74 Å². The number of alkyl halides is 1. The molecule has 0 N–H and O–H groups in total. The summed E-state index contributed by atoms with van der Waals surface area (Å²) in [7, 11) is 0. The van der Waals surface area contributed by atoms with Crippen LogP contribution in [-0.2, 0) is 0 Å². The fraction of sp³-hybridized carbons (Fsp3) is 0.417. The lowest BCUT2D eigenvalue weighted by molar-refractivity contribution is 0.0987. The van der Waals surface area contributed by atoms with Gasteiger partial charge in [0.2, 0.25) is 0 Å². The third-order valence-electron chi connectivity index (χ3n) is 2.14. The van der Waals surface area contributed by atoms with E-state index in [2.05, 4.69) is 0 Å². The summed E-state index contributed by atoms with van der Waals surface area (Å²) in [6, 6.07) is 5.55. The van der Waals surface area contributed by atoms with Crippen molar-refractivity contribution in [3.63, 3.8) is 0 Å². The third kappa shape index (κ3) is 2.72. The quantitative estimate of drug-likeness (QED) is 0.582. The summed E-state index contributed by atoms with van der Waals surface area (Å²) in [6.07, 6.45) is 0. The van der Waals surface area contributed by atoms with Crippen LogP contribution in [0.15, 0.2) is 18.2 Å². The van der Waals surface area contributed by atoms with Crippen LogP contribution in [0.1, 0.15) is 29.8 Å². The normalized spacial score (nSPS) is 12.3. The van der Waals surface area contributed by atoms with Crippen molar-refractivity contribution in [2.75, 3.05) is 6.61 Å². The van der Waals surface area contributed by atoms with Gasteiger partial charge >= 0.3 is 0 Å². The molecule has 0 aliphatic rings. The summed E-state index contributed by atoms with van der Waals surface area (Å²) < 4.78 is 5.41. The highest BCUT2D eigenvalue weighted by atomic mass is 35.5. The van der Waals surface area contributed by atoms with Gasteiger partial charge in [0.15, 0.2) is 5.78 Å². The molecular weight excluding hydrogens is 212 g/mol. The molecule has 82 valence electrons. The van der Waals surface area contributed by atoms with Gasteiger partial charge in [0.1, 0.15) is 5.75 Å². The second-order valence-electron chi connectivity index (χ2n) is 3.36. The zero-order chi connectivity index (χ0) is 11.4. The van der Waals surface area contributed by atoms with E-state index >= 15 is 0 Å². The first-order valence-corrected chi connectivity index (χ1v) is 5.42. The Morgan fingerprint density at radius 2 is 2.20 bits per heavy atom. The number of benzene rings is 1. The Morgan fingerprint density at radius 1 is 1.53 bits per heavy atom. The maximum absolute atomic E-state index is 11.8. The van der Waals surface area contributed by atoms with Crippen LogP contribution in [0.5, 0.6) is 5.75 Å². The summed E-state index contributed by atoms with van der Waals surface area (Å²) in [6.45, 7) is 5.99. The van der Waals surface area contributed by atoms with Crippen LogP contribution in [0.4, 0.5) is 0 Å². The van der Waals surface area contributed by atoms with Gasteiger partial charge in [-0.3, -0.25) is 4.79 Å². The largest absolute Gasteiger partial charge is 0.493 e. The average Bonchev–Trinajstić information content (AvgIpc) is 2.17.